The Morgan fingerprint density at radius 1 is 0.473 bits per heavy atom. The van der Waals surface area contributed by atoms with Crippen LogP contribution in [0.15, 0.2) is 122 Å². The normalized spacial score (nSPS) is 11.6. The number of nitrogens with one attached hydrogen (secondary N) is 2. The molecule has 0 aliphatic carbocycles. The summed E-state index contributed by atoms with van der Waals surface area (Å²) >= 11 is 0. The van der Waals surface area contributed by atoms with Crippen molar-refractivity contribution in [1.82, 2.24) is 30.6 Å². The minimum Gasteiger partial charge on any atom is -0.489 e. The average Bonchev–Trinajstić information content (AvgIpc) is 3.77. The van der Waals surface area contributed by atoms with Gasteiger partial charge in [-0.05, 0) is 59.7 Å². The van der Waals surface area contributed by atoms with Crippen molar-refractivity contribution in [2.75, 3.05) is 6.54 Å². The Morgan fingerprint density at radius 2 is 0.891 bits per heavy atom. The molecule has 0 bridgehead atoms. The largest absolute Gasteiger partial charge is 0.489 e. The topological polar surface area (TPSA) is 94.1 Å². The van der Waals surface area contributed by atoms with Crippen LogP contribution >= 0.6 is 0 Å². The van der Waals surface area contributed by atoms with Crippen molar-refractivity contribution in [3.05, 3.63) is 155 Å². The summed E-state index contributed by atoms with van der Waals surface area (Å²) in [7, 11) is 0. The summed E-state index contributed by atoms with van der Waals surface area (Å²) in [6.07, 6.45) is 4.81. The van der Waals surface area contributed by atoms with Crippen LogP contribution in [0.2, 0.25) is 0 Å². The molecule has 0 fully saturated rings. The highest BCUT2D eigenvalue weighted by Crippen LogP contribution is 2.24. The molecule has 0 saturated heterocycles. The van der Waals surface area contributed by atoms with Gasteiger partial charge in [0.15, 0.2) is 11.6 Å². The molecule has 2 aliphatic heterocycles. The van der Waals surface area contributed by atoms with Crippen LogP contribution in [0.25, 0.3) is 22.8 Å². The lowest BCUT2D eigenvalue weighted by Gasteiger charge is -2.16. The molecule has 0 atom stereocenters. The summed E-state index contributed by atoms with van der Waals surface area (Å²) < 4.78 is 11.6. The standard InChI is InChI=1S/C20H19N3O.C19H17N3O.4C2H6/c1-2-4-15(5-3-1)14-24-18-8-6-16(7-9-18)20-22-13-17-12-21-11-10-19(17)23-20;1-2-4-14(5-3-1)13-23-17-8-6-15(7-9-17)19-21-11-16-10-20-12-18(16)22-19;4*1-2/h1-9,13,21H,10-12,14H2;1-9,11,20H,10,12-13H2;4*1-2H3. The highest BCUT2D eigenvalue weighted by Gasteiger charge is 2.14. The molecule has 8 heteroatoms. The van der Waals surface area contributed by atoms with Crippen LogP contribution in [0, 0.1) is 0 Å². The number of hydrogen-bond donors (Lipinski definition) is 2. The molecular formula is C47H60N6O2. The van der Waals surface area contributed by atoms with Gasteiger partial charge in [0.25, 0.3) is 0 Å². The summed E-state index contributed by atoms with van der Waals surface area (Å²) in [5, 5.41) is 6.62. The lowest BCUT2D eigenvalue weighted by molar-refractivity contribution is 0.306. The molecule has 55 heavy (non-hydrogen) atoms. The number of benzene rings is 4. The van der Waals surface area contributed by atoms with E-state index in [-0.39, 0.29) is 0 Å². The molecule has 4 aromatic carbocycles. The first-order chi connectivity index (χ1) is 27.3. The molecule has 2 aromatic heterocycles. The fraction of sp³-hybridized carbons (Fsp3) is 0.319. The first-order valence-electron chi connectivity index (χ1n) is 19.9. The number of ether oxygens (including phenoxy) is 2. The molecule has 8 nitrogen and oxygen atoms in total. The van der Waals surface area contributed by atoms with Crippen molar-refractivity contribution in [3.63, 3.8) is 0 Å². The van der Waals surface area contributed by atoms with E-state index in [2.05, 4.69) is 49.9 Å². The molecule has 290 valence electrons. The Balaban J connectivity index is 0.000000251. The molecule has 2 aliphatic rings. The first kappa shape index (κ1) is 44.0. The molecule has 0 amide bonds. The van der Waals surface area contributed by atoms with E-state index in [9.17, 15) is 0 Å². The molecule has 0 saturated carbocycles. The van der Waals surface area contributed by atoms with Gasteiger partial charge in [-0.3, -0.25) is 0 Å². The molecule has 8 rings (SSSR count). The zero-order chi connectivity index (χ0) is 39.7. The van der Waals surface area contributed by atoms with Crippen molar-refractivity contribution in [1.29, 1.82) is 0 Å². The van der Waals surface area contributed by atoms with Gasteiger partial charge in [-0.2, -0.15) is 0 Å². The van der Waals surface area contributed by atoms with Crippen LogP contribution in [0.5, 0.6) is 11.5 Å². The average molecular weight is 741 g/mol. The van der Waals surface area contributed by atoms with Crippen LogP contribution in [0.4, 0.5) is 0 Å². The number of aromatic nitrogens is 4. The van der Waals surface area contributed by atoms with Crippen molar-refractivity contribution >= 4 is 0 Å². The van der Waals surface area contributed by atoms with Crippen LogP contribution in [-0.4, -0.2) is 26.5 Å². The molecule has 0 radical (unpaired) electrons. The second-order valence-corrected chi connectivity index (χ2v) is 11.5. The lowest BCUT2D eigenvalue weighted by atomic mass is 10.1. The number of fused-ring (bicyclic) bond motifs is 2. The predicted molar refractivity (Wildman–Crippen MR) is 228 cm³/mol. The minimum atomic E-state index is 0.571. The Morgan fingerprint density at radius 3 is 1.36 bits per heavy atom. The molecule has 0 unspecified atom stereocenters. The van der Waals surface area contributed by atoms with Gasteiger partial charge < -0.3 is 20.1 Å². The highest BCUT2D eigenvalue weighted by atomic mass is 16.5. The fourth-order valence-corrected chi connectivity index (χ4v) is 5.45. The number of rotatable bonds is 8. The van der Waals surface area contributed by atoms with E-state index < -0.39 is 0 Å². The van der Waals surface area contributed by atoms with Crippen molar-refractivity contribution < 1.29 is 9.47 Å². The Labute approximate surface area is 329 Å². The van der Waals surface area contributed by atoms with Crippen LogP contribution in [0.3, 0.4) is 0 Å². The second-order valence-electron chi connectivity index (χ2n) is 11.5. The molecule has 4 heterocycles. The fourth-order valence-electron chi connectivity index (χ4n) is 5.45. The van der Waals surface area contributed by atoms with Gasteiger partial charge >= 0.3 is 0 Å². The summed E-state index contributed by atoms with van der Waals surface area (Å²) in [5.74, 6) is 3.25. The predicted octanol–water partition coefficient (Wildman–Crippen LogP) is 10.8. The van der Waals surface area contributed by atoms with E-state index in [0.717, 1.165) is 89.4 Å². The monoisotopic (exact) mass is 740 g/mol. The third-order valence-electron chi connectivity index (χ3n) is 8.09. The third-order valence-corrected chi connectivity index (χ3v) is 8.09. The highest BCUT2D eigenvalue weighted by molar-refractivity contribution is 5.57. The summed E-state index contributed by atoms with van der Waals surface area (Å²) in [6.45, 7) is 20.7. The van der Waals surface area contributed by atoms with Gasteiger partial charge in [0.2, 0.25) is 0 Å². The van der Waals surface area contributed by atoms with Gasteiger partial charge in [0, 0.05) is 67.2 Å². The summed E-state index contributed by atoms with van der Waals surface area (Å²) in [4.78, 5) is 18.3. The van der Waals surface area contributed by atoms with Gasteiger partial charge in [-0.15, -0.1) is 0 Å². The van der Waals surface area contributed by atoms with Gasteiger partial charge in [0.1, 0.15) is 24.7 Å². The smallest absolute Gasteiger partial charge is 0.159 e. The van der Waals surface area contributed by atoms with E-state index in [1.54, 1.807) is 0 Å². The Hall–Kier alpha value is -5.44. The van der Waals surface area contributed by atoms with Crippen molar-refractivity contribution in [2.24, 2.45) is 0 Å². The minimum absolute atomic E-state index is 0.571. The molecule has 6 aromatic rings. The quantitative estimate of drug-likeness (QED) is 0.159. The zero-order valence-electron chi connectivity index (χ0n) is 34.1. The molecular weight excluding hydrogens is 681 g/mol. The number of nitrogens with zero attached hydrogens (tertiary/aromatic N) is 4. The SMILES string of the molecule is CC.CC.CC.CC.c1ccc(COc2ccc(-c3ncc4c(n3)CCNC4)cc2)cc1.c1ccc(COc2ccc(-c3ncc4c(n3)CNC4)cc2)cc1. The first-order valence-corrected chi connectivity index (χ1v) is 19.9. The Kier molecular flexibility index (Phi) is 20.4. The van der Waals surface area contributed by atoms with E-state index in [1.807, 2.05) is 153 Å². The van der Waals surface area contributed by atoms with Gasteiger partial charge in [-0.1, -0.05) is 116 Å². The maximum Gasteiger partial charge on any atom is 0.159 e. The number of hydrogen-bond acceptors (Lipinski definition) is 8. The maximum atomic E-state index is 5.82. The lowest BCUT2D eigenvalue weighted by Crippen LogP contribution is -2.24. The Bertz CT molecular complexity index is 1900. The van der Waals surface area contributed by atoms with Crippen LogP contribution in [-0.2, 0) is 39.3 Å². The van der Waals surface area contributed by atoms with Crippen LogP contribution in [0.1, 0.15) is 89.0 Å². The molecule has 2 N–H and O–H groups in total. The van der Waals surface area contributed by atoms with Crippen molar-refractivity contribution in [2.45, 2.75) is 94.7 Å². The van der Waals surface area contributed by atoms with E-state index >= 15 is 0 Å². The van der Waals surface area contributed by atoms with Gasteiger partial charge in [0.05, 0.1) is 11.4 Å². The van der Waals surface area contributed by atoms with E-state index in [1.165, 1.54) is 11.1 Å². The second kappa shape index (κ2) is 25.6. The zero-order valence-corrected chi connectivity index (χ0v) is 34.1. The van der Waals surface area contributed by atoms with Crippen LogP contribution < -0.4 is 20.1 Å². The van der Waals surface area contributed by atoms with Gasteiger partial charge in [-0.25, -0.2) is 19.9 Å². The maximum absolute atomic E-state index is 5.82. The summed E-state index contributed by atoms with van der Waals surface area (Å²) in [5.41, 5.74) is 8.99. The van der Waals surface area contributed by atoms with Crippen molar-refractivity contribution in [3.8, 4) is 34.3 Å². The summed E-state index contributed by atoms with van der Waals surface area (Å²) in [6, 6.07) is 36.2. The van der Waals surface area contributed by atoms with E-state index in [0.29, 0.717) is 13.2 Å². The third kappa shape index (κ3) is 13.7. The molecule has 0 spiro atoms. The van der Waals surface area contributed by atoms with E-state index in [4.69, 9.17) is 14.5 Å².